The molecule has 2 aromatic rings. The molecule has 1 atom stereocenters. The average molecular weight is 273 g/mol. The van der Waals surface area contributed by atoms with Crippen molar-refractivity contribution in [2.24, 2.45) is 0 Å². The highest BCUT2D eigenvalue weighted by molar-refractivity contribution is 5.28. The fourth-order valence-corrected chi connectivity index (χ4v) is 2.92. The lowest BCUT2D eigenvalue weighted by molar-refractivity contribution is 0.166. The molecule has 2 heterocycles. The van der Waals surface area contributed by atoms with Crippen LogP contribution in [0.2, 0.25) is 0 Å². The number of hydrogen-bond acceptors (Lipinski definition) is 2. The highest BCUT2D eigenvalue weighted by atomic mass is 16.3. The summed E-state index contributed by atoms with van der Waals surface area (Å²) < 4.78 is 4.14. The van der Waals surface area contributed by atoms with E-state index in [1.54, 1.807) is 0 Å². The van der Waals surface area contributed by atoms with Crippen LogP contribution in [0.1, 0.15) is 62.1 Å². The van der Waals surface area contributed by atoms with Crippen LogP contribution in [0.15, 0.2) is 24.7 Å². The van der Waals surface area contributed by atoms with Crippen molar-refractivity contribution >= 4 is 0 Å². The summed E-state index contributed by atoms with van der Waals surface area (Å²) in [6, 6.07) is 2.47. The van der Waals surface area contributed by atoms with E-state index >= 15 is 0 Å². The lowest BCUT2D eigenvalue weighted by Gasteiger charge is -2.06. The summed E-state index contributed by atoms with van der Waals surface area (Å²) in [6.45, 7) is 5.04. The van der Waals surface area contributed by atoms with Crippen molar-refractivity contribution in [3.05, 3.63) is 41.5 Å². The van der Waals surface area contributed by atoms with Gasteiger partial charge in [-0.25, -0.2) is 0 Å². The van der Waals surface area contributed by atoms with Crippen molar-refractivity contribution in [1.82, 2.24) is 14.3 Å². The second-order valence-corrected chi connectivity index (χ2v) is 6.05. The van der Waals surface area contributed by atoms with Crippen LogP contribution in [0, 0.1) is 0 Å². The lowest BCUT2D eigenvalue weighted by atomic mass is 10.1. The summed E-state index contributed by atoms with van der Waals surface area (Å²) >= 11 is 0. The molecule has 0 amide bonds. The van der Waals surface area contributed by atoms with E-state index in [0.29, 0.717) is 6.04 Å². The predicted octanol–water partition coefficient (Wildman–Crippen LogP) is 3.07. The second-order valence-electron chi connectivity index (χ2n) is 6.05. The molecule has 1 aliphatic rings. The van der Waals surface area contributed by atoms with Crippen molar-refractivity contribution in [3.8, 4) is 0 Å². The summed E-state index contributed by atoms with van der Waals surface area (Å²) in [4.78, 5) is 0. The fraction of sp³-hybridized carbons (Fsp3) is 0.562. The number of fused-ring (bicyclic) bond motifs is 1. The summed E-state index contributed by atoms with van der Waals surface area (Å²) in [7, 11) is 0. The molecule has 0 fully saturated rings. The van der Waals surface area contributed by atoms with Crippen LogP contribution < -0.4 is 0 Å². The maximum Gasteiger partial charge on any atom is 0.0821 e. The second kappa shape index (κ2) is 5.44. The molecule has 0 saturated heterocycles. The molecule has 2 aromatic heterocycles. The van der Waals surface area contributed by atoms with E-state index in [1.807, 2.05) is 10.9 Å². The van der Waals surface area contributed by atoms with Crippen molar-refractivity contribution in [2.75, 3.05) is 0 Å². The van der Waals surface area contributed by atoms with Gasteiger partial charge in [0.15, 0.2) is 0 Å². The lowest BCUT2D eigenvalue weighted by Crippen LogP contribution is -2.04. The van der Waals surface area contributed by atoms with Gasteiger partial charge in [-0.2, -0.15) is 5.10 Å². The van der Waals surface area contributed by atoms with Crippen LogP contribution >= 0.6 is 0 Å². The highest BCUT2D eigenvalue weighted by Crippen LogP contribution is 2.29. The first kappa shape index (κ1) is 13.4. The molecular weight excluding hydrogens is 250 g/mol. The van der Waals surface area contributed by atoms with Gasteiger partial charge in [-0.15, -0.1) is 0 Å². The minimum atomic E-state index is -0.290. The summed E-state index contributed by atoms with van der Waals surface area (Å²) in [5, 5.41) is 14.7. The smallest absolute Gasteiger partial charge is 0.0821 e. The number of aliphatic hydroxyl groups excluding tert-OH is 1. The van der Waals surface area contributed by atoms with E-state index in [9.17, 15) is 5.11 Å². The Morgan fingerprint density at radius 1 is 1.35 bits per heavy atom. The first-order valence-electron chi connectivity index (χ1n) is 7.54. The first-order chi connectivity index (χ1) is 9.63. The molecule has 108 valence electrons. The van der Waals surface area contributed by atoms with E-state index in [-0.39, 0.29) is 6.10 Å². The van der Waals surface area contributed by atoms with E-state index in [1.165, 1.54) is 12.0 Å². The molecule has 0 saturated carbocycles. The number of aliphatic hydroxyl groups is 1. The maximum absolute atomic E-state index is 10.2. The molecule has 1 aliphatic carbocycles. The van der Waals surface area contributed by atoms with Crippen molar-refractivity contribution in [2.45, 2.75) is 58.2 Å². The van der Waals surface area contributed by atoms with Gasteiger partial charge >= 0.3 is 0 Å². The molecule has 3 rings (SSSR count). The van der Waals surface area contributed by atoms with Crippen LogP contribution in [0.5, 0.6) is 0 Å². The maximum atomic E-state index is 10.2. The average Bonchev–Trinajstić information content (AvgIpc) is 2.99. The SMILES string of the molecule is CC(C)n1ccc(Cn2cc3c(c2)C(O)CCCC3)n1. The molecule has 0 aromatic carbocycles. The number of aromatic nitrogens is 3. The molecule has 0 radical (unpaired) electrons. The van der Waals surface area contributed by atoms with Gasteiger partial charge in [-0.3, -0.25) is 4.68 Å². The van der Waals surface area contributed by atoms with Gasteiger partial charge in [0.25, 0.3) is 0 Å². The fourth-order valence-electron chi connectivity index (χ4n) is 2.92. The Morgan fingerprint density at radius 2 is 2.20 bits per heavy atom. The monoisotopic (exact) mass is 273 g/mol. The Labute approximate surface area is 120 Å². The topological polar surface area (TPSA) is 43.0 Å². The van der Waals surface area contributed by atoms with Gasteiger partial charge in [-0.05, 0) is 44.7 Å². The molecule has 0 aliphatic heterocycles. The molecule has 0 bridgehead atoms. The van der Waals surface area contributed by atoms with Gasteiger partial charge in [0.1, 0.15) is 0 Å². The molecular formula is C16H23N3O. The van der Waals surface area contributed by atoms with Crippen molar-refractivity contribution < 1.29 is 5.11 Å². The van der Waals surface area contributed by atoms with E-state index < -0.39 is 0 Å². The molecule has 4 heteroatoms. The zero-order valence-corrected chi connectivity index (χ0v) is 12.3. The summed E-state index contributed by atoms with van der Waals surface area (Å²) in [5.41, 5.74) is 3.49. The standard InChI is InChI=1S/C16H23N3O/c1-12(2)19-8-7-14(17-19)10-18-9-13-5-3-4-6-16(20)15(13)11-18/h7-9,11-12,16,20H,3-6,10H2,1-2H3. The van der Waals surface area contributed by atoms with Gasteiger partial charge < -0.3 is 9.67 Å². The molecule has 1 N–H and O–H groups in total. The predicted molar refractivity (Wildman–Crippen MR) is 78.7 cm³/mol. The Balaban J connectivity index is 1.79. The van der Waals surface area contributed by atoms with Gasteiger partial charge in [-0.1, -0.05) is 6.42 Å². The molecule has 4 nitrogen and oxygen atoms in total. The molecule has 0 spiro atoms. The largest absolute Gasteiger partial charge is 0.388 e. The van der Waals surface area contributed by atoms with Gasteiger partial charge in [0.2, 0.25) is 0 Å². The Hall–Kier alpha value is -1.55. The Morgan fingerprint density at radius 3 is 2.95 bits per heavy atom. The van der Waals surface area contributed by atoms with E-state index in [0.717, 1.165) is 37.1 Å². The molecule has 1 unspecified atom stereocenters. The van der Waals surface area contributed by atoms with Crippen LogP contribution in [-0.2, 0) is 13.0 Å². The van der Waals surface area contributed by atoms with E-state index in [2.05, 4.69) is 42.0 Å². The van der Waals surface area contributed by atoms with Gasteiger partial charge in [0, 0.05) is 30.2 Å². The number of aryl methyl sites for hydroxylation is 1. The Bertz CT molecular complexity index is 582. The highest BCUT2D eigenvalue weighted by Gasteiger charge is 2.18. The third-order valence-corrected chi connectivity index (χ3v) is 4.07. The minimum absolute atomic E-state index is 0.290. The third kappa shape index (κ3) is 2.66. The normalized spacial score (nSPS) is 19.1. The van der Waals surface area contributed by atoms with Crippen LogP contribution in [0.3, 0.4) is 0 Å². The third-order valence-electron chi connectivity index (χ3n) is 4.07. The quantitative estimate of drug-likeness (QED) is 0.873. The van der Waals surface area contributed by atoms with Crippen LogP contribution in [0.25, 0.3) is 0 Å². The number of nitrogens with zero attached hydrogens (tertiary/aromatic N) is 3. The van der Waals surface area contributed by atoms with Crippen molar-refractivity contribution in [3.63, 3.8) is 0 Å². The summed E-state index contributed by atoms with van der Waals surface area (Å²) in [5.74, 6) is 0. The summed E-state index contributed by atoms with van der Waals surface area (Å²) in [6.07, 6.45) is 10.3. The Kier molecular flexibility index (Phi) is 3.66. The number of hydrogen-bond donors (Lipinski definition) is 1. The van der Waals surface area contributed by atoms with Crippen molar-refractivity contribution in [1.29, 1.82) is 0 Å². The number of rotatable bonds is 3. The molecule has 20 heavy (non-hydrogen) atoms. The minimum Gasteiger partial charge on any atom is -0.388 e. The van der Waals surface area contributed by atoms with Gasteiger partial charge in [0.05, 0.1) is 18.3 Å². The van der Waals surface area contributed by atoms with E-state index in [4.69, 9.17) is 0 Å². The van der Waals surface area contributed by atoms with Crippen LogP contribution in [-0.4, -0.2) is 19.5 Å². The zero-order chi connectivity index (χ0) is 14.1. The van der Waals surface area contributed by atoms with Crippen LogP contribution in [0.4, 0.5) is 0 Å². The zero-order valence-electron chi connectivity index (χ0n) is 12.3. The first-order valence-corrected chi connectivity index (χ1v) is 7.54.